The molecular formula is C27H28N2O3S. The van der Waals surface area contributed by atoms with Crippen LogP contribution in [0.25, 0.3) is 0 Å². The van der Waals surface area contributed by atoms with Crippen molar-refractivity contribution in [2.75, 3.05) is 13.2 Å². The number of thiocarbonyl (C=S) groups is 1. The first kappa shape index (κ1) is 24.1. The molecule has 1 amide bonds. The molecule has 5 nitrogen and oxygen atoms in total. The maximum Gasteiger partial charge on any atom is 0.307 e. The molecule has 0 bridgehead atoms. The standard InChI is InChI=1S/C27H28N2O3S/c1-2-32-24(30)18-19-29(20-21-12-6-3-7-13-21)27(33)28-26(31)25(22-14-8-4-9-15-22)23-16-10-5-11-17-23/h3-17,25H,2,18-20H2,1H3,(H,28,31,33). The summed E-state index contributed by atoms with van der Waals surface area (Å²) >= 11 is 5.63. The van der Waals surface area contributed by atoms with E-state index in [4.69, 9.17) is 17.0 Å². The zero-order valence-electron chi connectivity index (χ0n) is 18.6. The van der Waals surface area contributed by atoms with E-state index in [0.717, 1.165) is 16.7 Å². The topological polar surface area (TPSA) is 58.6 Å². The van der Waals surface area contributed by atoms with Gasteiger partial charge in [-0.05, 0) is 35.8 Å². The van der Waals surface area contributed by atoms with Gasteiger partial charge in [0.05, 0.1) is 18.9 Å². The molecule has 0 fully saturated rings. The van der Waals surface area contributed by atoms with Crippen LogP contribution in [0.2, 0.25) is 0 Å². The van der Waals surface area contributed by atoms with Gasteiger partial charge in [0.15, 0.2) is 5.11 Å². The first-order valence-electron chi connectivity index (χ1n) is 11.0. The molecule has 3 rings (SSSR count). The van der Waals surface area contributed by atoms with Crippen molar-refractivity contribution >= 4 is 29.2 Å². The van der Waals surface area contributed by atoms with Crippen molar-refractivity contribution in [3.05, 3.63) is 108 Å². The van der Waals surface area contributed by atoms with Gasteiger partial charge >= 0.3 is 5.97 Å². The summed E-state index contributed by atoms with van der Waals surface area (Å²) in [6.07, 6.45) is 0.178. The monoisotopic (exact) mass is 460 g/mol. The second kappa shape index (κ2) is 12.5. The average Bonchev–Trinajstić information content (AvgIpc) is 2.84. The number of carbonyl (C=O) groups is 2. The molecule has 3 aromatic rings. The van der Waals surface area contributed by atoms with Crippen molar-refractivity contribution in [1.29, 1.82) is 0 Å². The van der Waals surface area contributed by atoms with Crippen molar-refractivity contribution in [3.8, 4) is 0 Å². The Balaban J connectivity index is 1.79. The summed E-state index contributed by atoms with van der Waals surface area (Å²) in [4.78, 5) is 27.2. The van der Waals surface area contributed by atoms with Gasteiger partial charge in [-0.2, -0.15) is 0 Å². The van der Waals surface area contributed by atoms with Gasteiger partial charge < -0.3 is 15.0 Å². The number of ether oxygens (including phenoxy) is 1. The number of amides is 1. The van der Waals surface area contributed by atoms with Crippen LogP contribution in [-0.2, 0) is 20.9 Å². The summed E-state index contributed by atoms with van der Waals surface area (Å²) < 4.78 is 5.06. The Bertz CT molecular complexity index is 1000. The van der Waals surface area contributed by atoms with Gasteiger partial charge in [0.25, 0.3) is 0 Å². The number of hydrogen-bond acceptors (Lipinski definition) is 4. The number of rotatable bonds is 9. The lowest BCUT2D eigenvalue weighted by Crippen LogP contribution is -2.45. The molecule has 0 atom stereocenters. The first-order chi connectivity index (χ1) is 16.1. The van der Waals surface area contributed by atoms with E-state index >= 15 is 0 Å². The summed E-state index contributed by atoms with van der Waals surface area (Å²) in [6, 6.07) is 29.0. The molecule has 0 unspecified atom stereocenters. The Morgan fingerprint density at radius 3 is 1.91 bits per heavy atom. The van der Waals surface area contributed by atoms with E-state index in [2.05, 4.69) is 5.32 Å². The quantitative estimate of drug-likeness (QED) is 0.371. The second-order valence-electron chi connectivity index (χ2n) is 7.51. The molecule has 0 aliphatic heterocycles. The van der Waals surface area contributed by atoms with E-state index in [1.54, 1.807) is 6.92 Å². The minimum Gasteiger partial charge on any atom is -0.466 e. The minimum atomic E-state index is -0.506. The highest BCUT2D eigenvalue weighted by atomic mass is 32.1. The fraction of sp³-hybridized carbons (Fsp3) is 0.222. The lowest BCUT2D eigenvalue weighted by molar-refractivity contribution is -0.143. The molecule has 33 heavy (non-hydrogen) atoms. The van der Waals surface area contributed by atoms with Gasteiger partial charge in [-0.3, -0.25) is 9.59 Å². The van der Waals surface area contributed by atoms with Crippen LogP contribution in [0.5, 0.6) is 0 Å². The van der Waals surface area contributed by atoms with Gasteiger partial charge in [0.1, 0.15) is 0 Å². The number of nitrogens with one attached hydrogen (secondary N) is 1. The fourth-order valence-corrected chi connectivity index (χ4v) is 3.81. The highest BCUT2D eigenvalue weighted by Gasteiger charge is 2.25. The molecular weight excluding hydrogens is 432 g/mol. The Hall–Kier alpha value is -3.51. The maximum atomic E-state index is 13.4. The lowest BCUT2D eigenvalue weighted by Gasteiger charge is -2.27. The molecule has 0 spiro atoms. The van der Waals surface area contributed by atoms with E-state index in [1.165, 1.54) is 0 Å². The fourth-order valence-electron chi connectivity index (χ4n) is 3.56. The Morgan fingerprint density at radius 2 is 1.39 bits per heavy atom. The summed E-state index contributed by atoms with van der Waals surface area (Å²) in [5.41, 5.74) is 2.79. The predicted octanol–water partition coefficient (Wildman–Crippen LogP) is 4.68. The van der Waals surface area contributed by atoms with Gasteiger partial charge in [0, 0.05) is 13.1 Å². The van der Waals surface area contributed by atoms with Crippen LogP contribution in [0.4, 0.5) is 0 Å². The lowest BCUT2D eigenvalue weighted by atomic mass is 9.90. The van der Waals surface area contributed by atoms with Gasteiger partial charge in [0.2, 0.25) is 5.91 Å². The van der Waals surface area contributed by atoms with Crippen LogP contribution < -0.4 is 5.32 Å². The molecule has 0 saturated heterocycles. The minimum absolute atomic E-state index is 0.178. The van der Waals surface area contributed by atoms with Crippen molar-refractivity contribution in [1.82, 2.24) is 10.2 Å². The number of carbonyl (C=O) groups excluding carboxylic acids is 2. The predicted molar refractivity (Wildman–Crippen MR) is 134 cm³/mol. The van der Waals surface area contributed by atoms with Gasteiger partial charge in [-0.1, -0.05) is 91.0 Å². The molecule has 0 aliphatic rings. The van der Waals surface area contributed by atoms with Crippen molar-refractivity contribution in [2.24, 2.45) is 0 Å². The highest BCUT2D eigenvalue weighted by molar-refractivity contribution is 7.80. The van der Waals surface area contributed by atoms with E-state index in [-0.39, 0.29) is 23.4 Å². The van der Waals surface area contributed by atoms with Crippen LogP contribution in [0.3, 0.4) is 0 Å². The Kier molecular flexibility index (Phi) is 9.15. The Labute approximate surface area is 200 Å². The average molecular weight is 461 g/mol. The highest BCUT2D eigenvalue weighted by Crippen LogP contribution is 2.25. The number of nitrogens with zero attached hydrogens (tertiary/aromatic N) is 1. The third-order valence-corrected chi connectivity index (χ3v) is 5.51. The molecule has 0 heterocycles. The van der Waals surface area contributed by atoms with Crippen molar-refractivity contribution < 1.29 is 14.3 Å². The van der Waals surface area contributed by atoms with Gasteiger partial charge in [-0.25, -0.2) is 0 Å². The largest absolute Gasteiger partial charge is 0.466 e. The van der Waals surface area contributed by atoms with E-state index in [1.807, 2.05) is 95.9 Å². The van der Waals surface area contributed by atoms with Crippen LogP contribution in [0, 0.1) is 0 Å². The van der Waals surface area contributed by atoms with Crippen molar-refractivity contribution in [3.63, 3.8) is 0 Å². The van der Waals surface area contributed by atoms with E-state index < -0.39 is 5.92 Å². The van der Waals surface area contributed by atoms with Crippen LogP contribution in [0.15, 0.2) is 91.0 Å². The molecule has 170 valence electrons. The molecule has 0 aromatic heterocycles. The Morgan fingerprint density at radius 1 is 0.879 bits per heavy atom. The zero-order valence-corrected chi connectivity index (χ0v) is 19.5. The third kappa shape index (κ3) is 7.26. The van der Waals surface area contributed by atoms with Crippen LogP contribution in [0.1, 0.15) is 36.0 Å². The van der Waals surface area contributed by atoms with Crippen molar-refractivity contribution in [2.45, 2.75) is 25.8 Å². The zero-order chi connectivity index (χ0) is 23.5. The smallest absolute Gasteiger partial charge is 0.307 e. The van der Waals surface area contributed by atoms with Gasteiger partial charge in [-0.15, -0.1) is 0 Å². The van der Waals surface area contributed by atoms with E-state index in [0.29, 0.717) is 19.7 Å². The summed E-state index contributed by atoms with van der Waals surface area (Å²) in [5, 5.41) is 3.20. The number of benzene rings is 3. The molecule has 6 heteroatoms. The molecule has 3 aromatic carbocycles. The third-order valence-electron chi connectivity index (χ3n) is 5.15. The van der Waals surface area contributed by atoms with E-state index in [9.17, 15) is 9.59 Å². The summed E-state index contributed by atoms with van der Waals surface area (Å²) in [6.45, 7) is 2.92. The molecule has 1 N–H and O–H groups in total. The number of esters is 1. The molecule has 0 aliphatic carbocycles. The second-order valence-corrected chi connectivity index (χ2v) is 7.90. The summed E-state index contributed by atoms with van der Waals surface area (Å²) in [7, 11) is 0. The molecule has 0 radical (unpaired) electrons. The maximum absolute atomic E-state index is 13.4. The normalized spacial score (nSPS) is 10.5. The SMILES string of the molecule is CCOC(=O)CCN(Cc1ccccc1)C(=S)NC(=O)C(c1ccccc1)c1ccccc1. The molecule has 0 saturated carbocycles. The number of hydrogen-bond donors (Lipinski definition) is 1. The first-order valence-corrected chi connectivity index (χ1v) is 11.4. The van der Waals surface area contributed by atoms with Crippen LogP contribution >= 0.6 is 12.2 Å². The van der Waals surface area contributed by atoms with Crippen LogP contribution in [-0.4, -0.2) is 35.0 Å². The summed E-state index contributed by atoms with van der Waals surface area (Å²) in [5.74, 6) is -1.02.